The van der Waals surface area contributed by atoms with Crippen molar-refractivity contribution in [2.45, 2.75) is 65.1 Å². The van der Waals surface area contributed by atoms with E-state index in [1.165, 1.54) is 6.42 Å². The van der Waals surface area contributed by atoms with Crippen molar-refractivity contribution in [3.63, 3.8) is 0 Å². The number of nitrogens with one attached hydrogen (secondary N) is 1. The van der Waals surface area contributed by atoms with Crippen LogP contribution in [0.25, 0.3) is 22.6 Å². The molecule has 1 aliphatic rings. The van der Waals surface area contributed by atoms with Gasteiger partial charge in [0.1, 0.15) is 24.2 Å². The Bertz CT molecular complexity index is 1160. The summed E-state index contributed by atoms with van der Waals surface area (Å²) in [5.41, 5.74) is 5.08. The van der Waals surface area contributed by atoms with Gasteiger partial charge in [0, 0.05) is 24.4 Å². The Morgan fingerprint density at radius 1 is 1.22 bits per heavy atom. The first kappa shape index (κ1) is 26.5. The Kier molecular flexibility index (Phi) is 8.95. The van der Waals surface area contributed by atoms with Crippen LogP contribution < -0.4 is 10.1 Å². The topological polar surface area (TPSA) is 103 Å². The Morgan fingerprint density at radius 2 is 2.06 bits per heavy atom. The lowest BCUT2D eigenvalue weighted by molar-refractivity contribution is 0.0113. The first-order chi connectivity index (χ1) is 17.4. The molecule has 0 amide bonds. The van der Waals surface area contributed by atoms with Crippen LogP contribution in [0.5, 0.6) is 5.75 Å². The fraction of sp³-hybridized carbons (Fsp3) is 0.519. The van der Waals surface area contributed by atoms with Crippen LogP contribution in [0.4, 0.5) is 0 Å². The van der Waals surface area contributed by atoms with E-state index in [0.717, 1.165) is 60.5 Å². The zero-order valence-corrected chi connectivity index (χ0v) is 22.2. The van der Waals surface area contributed by atoms with Crippen molar-refractivity contribution in [2.75, 3.05) is 26.8 Å². The summed E-state index contributed by atoms with van der Waals surface area (Å²) in [5.74, 6) is 1.81. The summed E-state index contributed by atoms with van der Waals surface area (Å²) in [6.45, 7) is 7.29. The average Bonchev–Trinajstić information content (AvgIpc) is 3.21. The Labute approximate surface area is 217 Å². The number of benzene rings is 1. The van der Waals surface area contributed by atoms with Gasteiger partial charge in [-0.05, 0) is 83.7 Å². The SMILES string of the molecule is CNCC(O)COc1ccc(Cl)c(-c2nc(CCC3CCCCO3)c(C)c(-c3c(C)noc3C)n2)c1. The van der Waals surface area contributed by atoms with Crippen LogP contribution in [0.15, 0.2) is 22.7 Å². The van der Waals surface area contributed by atoms with Gasteiger partial charge in [-0.2, -0.15) is 0 Å². The minimum atomic E-state index is -0.621. The first-order valence-electron chi connectivity index (χ1n) is 12.5. The molecule has 2 N–H and O–H groups in total. The van der Waals surface area contributed by atoms with E-state index < -0.39 is 6.10 Å². The van der Waals surface area contributed by atoms with Gasteiger partial charge in [-0.25, -0.2) is 9.97 Å². The molecule has 0 saturated carbocycles. The molecule has 3 heterocycles. The maximum atomic E-state index is 10.0. The average molecular weight is 515 g/mol. The number of aliphatic hydroxyl groups excluding tert-OH is 1. The number of aromatic nitrogens is 3. The predicted molar refractivity (Wildman–Crippen MR) is 140 cm³/mol. The normalized spacial score (nSPS) is 16.8. The van der Waals surface area contributed by atoms with Gasteiger partial charge in [-0.1, -0.05) is 16.8 Å². The van der Waals surface area contributed by atoms with Crippen LogP contribution in [-0.2, 0) is 11.2 Å². The summed E-state index contributed by atoms with van der Waals surface area (Å²) in [6.07, 6.45) is 4.72. The van der Waals surface area contributed by atoms with Crippen molar-refractivity contribution in [3.05, 3.63) is 45.9 Å². The van der Waals surface area contributed by atoms with Gasteiger partial charge in [0.25, 0.3) is 0 Å². The van der Waals surface area contributed by atoms with E-state index in [0.29, 0.717) is 34.5 Å². The van der Waals surface area contributed by atoms with Crippen molar-refractivity contribution >= 4 is 11.6 Å². The van der Waals surface area contributed by atoms with Gasteiger partial charge in [-0.3, -0.25) is 0 Å². The highest BCUT2D eigenvalue weighted by molar-refractivity contribution is 6.33. The number of nitrogens with zero attached hydrogens (tertiary/aromatic N) is 3. The molecule has 8 nitrogen and oxygen atoms in total. The summed E-state index contributed by atoms with van der Waals surface area (Å²) in [4.78, 5) is 9.91. The standard InChI is InChI=1S/C27H35ClN4O4/c1-16-24(11-9-20-7-5-6-12-34-20)30-27(31-26(16)25-17(2)32-36-18(25)3)22-13-21(8-10-23(22)28)35-15-19(33)14-29-4/h8,10,13,19-20,29,33H,5-7,9,11-12,14-15H2,1-4H3. The van der Waals surface area contributed by atoms with Gasteiger partial charge in [-0.15, -0.1) is 0 Å². The number of aliphatic hydroxyl groups is 1. The van der Waals surface area contributed by atoms with E-state index in [2.05, 4.69) is 10.5 Å². The number of likely N-dealkylation sites (N-methyl/N-ethyl adjacent to an activating group) is 1. The molecule has 194 valence electrons. The summed E-state index contributed by atoms with van der Waals surface area (Å²) in [5, 5.41) is 17.6. The lowest BCUT2D eigenvalue weighted by Gasteiger charge is -2.23. The molecule has 1 aliphatic heterocycles. The number of hydrogen-bond acceptors (Lipinski definition) is 8. The molecule has 0 spiro atoms. The third kappa shape index (κ3) is 6.24. The van der Waals surface area contributed by atoms with Crippen LogP contribution in [0, 0.1) is 20.8 Å². The quantitative estimate of drug-likeness (QED) is 0.396. The molecule has 0 bridgehead atoms. The monoisotopic (exact) mass is 514 g/mol. The zero-order valence-electron chi connectivity index (χ0n) is 21.4. The maximum absolute atomic E-state index is 10.0. The molecule has 2 aromatic heterocycles. The summed E-state index contributed by atoms with van der Waals surface area (Å²) >= 11 is 6.63. The lowest BCUT2D eigenvalue weighted by atomic mass is 9.98. The number of aryl methyl sites for hydroxylation is 3. The molecule has 1 aromatic carbocycles. The lowest BCUT2D eigenvalue weighted by Crippen LogP contribution is -2.29. The van der Waals surface area contributed by atoms with Crippen LogP contribution in [-0.4, -0.2) is 59.2 Å². The highest BCUT2D eigenvalue weighted by atomic mass is 35.5. The second-order valence-electron chi connectivity index (χ2n) is 9.36. The highest BCUT2D eigenvalue weighted by Gasteiger charge is 2.22. The minimum absolute atomic E-state index is 0.160. The van der Waals surface area contributed by atoms with Crippen molar-refractivity contribution in [3.8, 4) is 28.4 Å². The van der Waals surface area contributed by atoms with E-state index in [1.54, 1.807) is 19.2 Å². The molecule has 4 rings (SSSR count). The second-order valence-corrected chi connectivity index (χ2v) is 9.77. The number of hydrogen-bond donors (Lipinski definition) is 2. The van der Waals surface area contributed by atoms with Gasteiger partial charge >= 0.3 is 0 Å². The second kappa shape index (κ2) is 12.1. The minimum Gasteiger partial charge on any atom is -0.491 e. The molecular formula is C27H35ClN4O4. The van der Waals surface area contributed by atoms with Gasteiger partial charge in [0.05, 0.1) is 28.1 Å². The molecule has 1 fully saturated rings. The van der Waals surface area contributed by atoms with E-state index in [9.17, 15) is 5.11 Å². The molecule has 2 atom stereocenters. The van der Waals surface area contributed by atoms with E-state index in [-0.39, 0.29) is 12.7 Å². The number of ether oxygens (including phenoxy) is 2. The largest absolute Gasteiger partial charge is 0.491 e. The van der Waals surface area contributed by atoms with Crippen LogP contribution in [0.1, 0.15) is 48.4 Å². The third-order valence-electron chi connectivity index (χ3n) is 6.55. The molecule has 9 heteroatoms. The van der Waals surface area contributed by atoms with Crippen LogP contribution in [0.2, 0.25) is 5.02 Å². The Balaban J connectivity index is 1.71. The fourth-order valence-corrected chi connectivity index (χ4v) is 4.78. The summed E-state index contributed by atoms with van der Waals surface area (Å²) in [6, 6.07) is 5.37. The molecular weight excluding hydrogens is 480 g/mol. The Hall–Kier alpha value is -2.52. The zero-order chi connectivity index (χ0) is 25.7. The van der Waals surface area contributed by atoms with E-state index >= 15 is 0 Å². The van der Waals surface area contributed by atoms with Crippen molar-refractivity contribution in [1.82, 2.24) is 20.4 Å². The predicted octanol–water partition coefficient (Wildman–Crippen LogP) is 4.84. The first-order valence-corrected chi connectivity index (χ1v) is 12.9. The van der Waals surface area contributed by atoms with Gasteiger partial charge in [0.2, 0.25) is 0 Å². The van der Waals surface area contributed by atoms with Crippen LogP contribution >= 0.6 is 11.6 Å². The molecule has 2 unspecified atom stereocenters. The van der Waals surface area contributed by atoms with E-state index in [1.807, 2.05) is 26.8 Å². The molecule has 0 radical (unpaired) electrons. The molecule has 1 saturated heterocycles. The van der Waals surface area contributed by atoms with Crippen molar-refractivity contribution in [1.29, 1.82) is 0 Å². The van der Waals surface area contributed by atoms with Gasteiger partial charge in [0.15, 0.2) is 5.82 Å². The fourth-order valence-electron chi connectivity index (χ4n) is 4.58. The summed E-state index contributed by atoms with van der Waals surface area (Å²) in [7, 11) is 1.78. The van der Waals surface area contributed by atoms with Gasteiger partial charge < -0.3 is 24.4 Å². The van der Waals surface area contributed by atoms with Crippen molar-refractivity contribution < 1.29 is 19.1 Å². The highest BCUT2D eigenvalue weighted by Crippen LogP contribution is 2.35. The van der Waals surface area contributed by atoms with E-state index in [4.69, 9.17) is 35.6 Å². The molecule has 36 heavy (non-hydrogen) atoms. The number of halogens is 1. The summed E-state index contributed by atoms with van der Waals surface area (Å²) < 4.78 is 17.2. The van der Waals surface area contributed by atoms with Crippen LogP contribution in [0.3, 0.4) is 0 Å². The maximum Gasteiger partial charge on any atom is 0.161 e. The third-order valence-corrected chi connectivity index (χ3v) is 6.88. The molecule has 3 aromatic rings. The Morgan fingerprint density at radius 3 is 2.75 bits per heavy atom. The smallest absolute Gasteiger partial charge is 0.161 e. The number of rotatable bonds is 10. The van der Waals surface area contributed by atoms with Crippen molar-refractivity contribution in [2.24, 2.45) is 0 Å². The molecule has 0 aliphatic carbocycles.